The van der Waals surface area contributed by atoms with Crippen molar-refractivity contribution in [3.05, 3.63) is 47.5 Å². The first kappa shape index (κ1) is 26.6. The molecule has 2 aromatic rings. The minimum atomic E-state index is -1.84. The van der Waals surface area contributed by atoms with Crippen LogP contribution in [0.5, 0.6) is 23.0 Å². The van der Waals surface area contributed by atoms with Crippen LogP contribution >= 0.6 is 0 Å². The summed E-state index contributed by atoms with van der Waals surface area (Å²) in [6.07, 6.45) is -7.46. The van der Waals surface area contributed by atoms with Crippen LogP contribution in [0.3, 0.4) is 0 Å². The number of benzene rings is 2. The van der Waals surface area contributed by atoms with E-state index in [0.717, 1.165) is 17.5 Å². The predicted molar refractivity (Wildman–Crippen MR) is 123 cm³/mol. The normalized spacial score (nSPS) is 26.1. The molecule has 1 saturated heterocycles. The van der Waals surface area contributed by atoms with Gasteiger partial charge in [0.05, 0.1) is 7.11 Å². The van der Waals surface area contributed by atoms with E-state index >= 15 is 0 Å². The Hall–Kier alpha value is -3.05. The van der Waals surface area contributed by atoms with E-state index < -0.39 is 36.7 Å². The fraction of sp³-hybridized carbons (Fsp3) is 0.480. The molecule has 35 heavy (non-hydrogen) atoms. The minimum absolute atomic E-state index is 0.0563. The van der Waals surface area contributed by atoms with Gasteiger partial charge >= 0.3 is 5.97 Å². The SMILES string of the molecule is COc1ccc(C[C@@H](C)[C@@H](C)Cc2ccc(O)c(O[C@@H]3O[C@H](C(=O)O)[C@@H](O)[C@H](O)[C@H]3O)c2)cc1O. The van der Waals surface area contributed by atoms with Crippen molar-refractivity contribution in [2.75, 3.05) is 7.11 Å². The molecule has 6 N–H and O–H groups in total. The molecule has 0 aromatic heterocycles. The number of carboxylic acids is 1. The predicted octanol–water partition coefficient (Wildman–Crippen LogP) is 1.43. The molecule has 1 fully saturated rings. The number of phenolic OH excluding ortho intramolecular Hbond substituents is 2. The Morgan fingerprint density at radius 3 is 2.06 bits per heavy atom. The first-order valence-electron chi connectivity index (χ1n) is 11.3. The summed E-state index contributed by atoms with van der Waals surface area (Å²) in [4.78, 5) is 11.3. The van der Waals surface area contributed by atoms with Crippen LogP contribution in [-0.2, 0) is 22.4 Å². The number of aliphatic hydroxyl groups excluding tert-OH is 3. The lowest BCUT2D eigenvalue weighted by Gasteiger charge is -2.38. The molecule has 0 spiro atoms. The fourth-order valence-electron chi connectivity index (χ4n) is 4.06. The first-order chi connectivity index (χ1) is 16.5. The van der Waals surface area contributed by atoms with E-state index in [1.807, 2.05) is 6.07 Å². The molecule has 2 aromatic carbocycles. The second-order valence-electron chi connectivity index (χ2n) is 9.02. The number of carboxylic acid groups (broad SMARTS) is 1. The van der Waals surface area contributed by atoms with Crippen molar-refractivity contribution in [3.8, 4) is 23.0 Å². The third-order valence-electron chi connectivity index (χ3n) is 6.41. The highest BCUT2D eigenvalue weighted by Crippen LogP contribution is 2.33. The molecule has 10 nitrogen and oxygen atoms in total. The van der Waals surface area contributed by atoms with Gasteiger partial charge in [0.2, 0.25) is 6.29 Å². The summed E-state index contributed by atoms with van der Waals surface area (Å²) in [7, 11) is 1.49. The molecule has 0 radical (unpaired) electrons. The van der Waals surface area contributed by atoms with Gasteiger partial charge in [-0.2, -0.15) is 0 Å². The van der Waals surface area contributed by atoms with Gasteiger partial charge in [-0.15, -0.1) is 0 Å². The number of aliphatic hydroxyl groups is 3. The lowest BCUT2D eigenvalue weighted by Crippen LogP contribution is -2.61. The molecule has 0 bridgehead atoms. The van der Waals surface area contributed by atoms with Gasteiger partial charge in [-0.05, 0) is 60.1 Å². The number of phenols is 2. The van der Waals surface area contributed by atoms with Gasteiger partial charge < -0.3 is 44.8 Å². The highest BCUT2D eigenvalue weighted by molar-refractivity contribution is 5.73. The van der Waals surface area contributed by atoms with Crippen molar-refractivity contribution in [2.24, 2.45) is 11.8 Å². The summed E-state index contributed by atoms with van der Waals surface area (Å²) in [5, 5.41) is 59.4. The minimum Gasteiger partial charge on any atom is -0.504 e. The third kappa shape index (κ3) is 6.15. The van der Waals surface area contributed by atoms with Gasteiger partial charge in [-0.1, -0.05) is 26.0 Å². The summed E-state index contributed by atoms with van der Waals surface area (Å²) in [6, 6.07) is 10.00. The molecule has 10 heteroatoms. The number of aromatic hydroxyl groups is 2. The van der Waals surface area contributed by atoms with Crippen molar-refractivity contribution in [1.29, 1.82) is 0 Å². The largest absolute Gasteiger partial charge is 0.504 e. The average Bonchev–Trinajstić information content (AvgIpc) is 2.81. The molecular weight excluding hydrogens is 460 g/mol. The molecule has 0 saturated carbocycles. The molecular formula is C25H32O10. The highest BCUT2D eigenvalue weighted by atomic mass is 16.7. The lowest BCUT2D eigenvalue weighted by atomic mass is 9.85. The summed E-state index contributed by atoms with van der Waals surface area (Å²) >= 11 is 0. The number of carbonyl (C=O) groups is 1. The van der Waals surface area contributed by atoms with Gasteiger partial charge in [-0.25, -0.2) is 4.79 Å². The smallest absolute Gasteiger partial charge is 0.335 e. The Morgan fingerprint density at radius 1 is 0.886 bits per heavy atom. The molecule has 0 unspecified atom stereocenters. The number of rotatable bonds is 9. The van der Waals surface area contributed by atoms with Crippen LogP contribution < -0.4 is 9.47 Å². The number of methoxy groups -OCH3 is 1. The molecule has 1 aliphatic rings. The van der Waals surface area contributed by atoms with Crippen LogP contribution in [0.2, 0.25) is 0 Å². The maximum absolute atomic E-state index is 11.3. The second kappa shape index (κ2) is 11.1. The van der Waals surface area contributed by atoms with Gasteiger partial charge in [0.15, 0.2) is 29.1 Å². The zero-order chi connectivity index (χ0) is 25.9. The molecule has 0 aliphatic carbocycles. The maximum Gasteiger partial charge on any atom is 0.335 e. The molecule has 0 amide bonds. The van der Waals surface area contributed by atoms with Crippen LogP contribution in [0.1, 0.15) is 25.0 Å². The van der Waals surface area contributed by atoms with E-state index in [4.69, 9.17) is 14.2 Å². The van der Waals surface area contributed by atoms with Gasteiger partial charge in [0.1, 0.15) is 18.3 Å². The van der Waals surface area contributed by atoms with Crippen LogP contribution in [0.4, 0.5) is 0 Å². The fourth-order valence-corrected chi connectivity index (χ4v) is 4.06. The van der Waals surface area contributed by atoms with Crippen molar-refractivity contribution in [2.45, 2.75) is 57.4 Å². The second-order valence-corrected chi connectivity index (χ2v) is 9.02. The van der Waals surface area contributed by atoms with Crippen molar-refractivity contribution < 1.29 is 49.6 Å². The van der Waals surface area contributed by atoms with E-state index in [0.29, 0.717) is 12.2 Å². The monoisotopic (exact) mass is 492 g/mol. The van der Waals surface area contributed by atoms with E-state index in [9.17, 15) is 35.4 Å². The Kier molecular flexibility index (Phi) is 8.44. The molecule has 1 heterocycles. The molecule has 3 rings (SSSR count). The quantitative estimate of drug-likeness (QED) is 0.301. The third-order valence-corrected chi connectivity index (χ3v) is 6.41. The van der Waals surface area contributed by atoms with Gasteiger partial charge in [0, 0.05) is 0 Å². The molecule has 7 atom stereocenters. The van der Waals surface area contributed by atoms with Crippen molar-refractivity contribution in [1.82, 2.24) is 0 Å². The first-order valence-corrected chi connectivity index (χ1v) is 11.3. The zero-order valence-corrected chi connectivity index (χ0v) is 19.7. The van der Waals surface area contributed by atoms with Gasteiger partial charge in [0.25, 0.3) is 0 Å². The van der Waals surface area contributed by atoms with Gasteiger partial charge in [-0.3, -0.25) is 0 Å². The summed E-state index contributed by atoms with van der Waals surface area (Å²) in [6.45, 7) is 4.17. The van der Waals surface area contributed by atoms with Crippen LogP contribution in [0, 0.1) is 11.8 Å². The number of hydrogen-bond acceptors (Lipinski definition) is 9. The van der Waals surface area contributed by atoms with E-state index in [2.05, 4.69) is 13.8 Å². The average molecular weight is 493 g/mol. The van der Waals surface area contributed by atoms with E-state index in [1.54, 1.807) is 24.3 Å². The standard InChI is InChI=1S/C25H32O10/c1-12(8-14-5-7-18(33-3)17(27)10-14)13(2)9-15-4-6-16(26)19(11-15)34-25-22(30)20(28)21(29)23(35-25)24(31)32/h4-7,10-13,20-23,25-30H,8-9H2,1-3H3,(H,31,32)/t12-,13+,20+,21+,22-,23+,25-/m1/s1. The van der Waals surface area contributed by atoms with Crippen molar-refractivity contribution in [3.63, 3.8) is 0 Å². The topological polar surface area (TPSA) is 166 Å². The summed E-state index contributed by atoms with van der Waals surface area (Å²) < 4.78 is 15.7. The van der Waals surface area contributed by atoms with Crippen LogP contribution in [0.15, 0.2) is 36.4 Å². The molecule has 192 valence electrons. The van der Waals surface area contributed by atoms with Crippen LogP contribution in [0.25, 0.3) is 0 Å². The Labute approximate surface area is 202 Å². The molecule has 1 aliphatic heterocycles. The van der Waals surface area contributed by atoms with Crippen LogP contribution in [-0.4, -0.2) is 74.4 Å². The lowest BCUT2D eigenvalue weighted by molar-refractivity contribution is -0.271. The number of ether oxygens (including phenoxy) is 3. The zero-order valence-electron chi connectivity index (χ0n) is 19.7. The Morgan fingerprint density at radius 2 is 1.49 bits per heavy atom. The highest BCUT2D eigenvalue weighted by Gasteiger charge is 2.48. The Bertz CT molecular complexity index is 1030. The van der Waals surface area contributed by atoms with E-state index in [1.165, 1.54) is 13.2 Å². The number of aliphatic carboxylic acids is 1. The Balaban J connectivity index is 1.68. The summed E-state index contributed by atoms with van der Waals surface area (Å²) in [5.41, 5.74) is 1.78. The maximum atomic E-state index is 11.3. The van der Waals surface area contributed by atoms with E-state index in [-0.39, 0.29) is 29.1 Å². The summed E-state index contributed by atoms with van der Waals surface area (Å²) in [5.74, 6) is -0.914. The van der Waals surface area contributed by atoms with Crippen molar-refractivity contribution >= 4 is 5.97 Å². The number of hydrogen-bond donors (Lipinski definition) is 6.